The van der Waals surface area contributed by atoms with Gasteiger partial charge in [0.2, 0.25) is 0 Å². The van der Waals surface area contributed by atoms with Crippen molar-refractivity contribution in [3.63, 3.8) is 0 Å². The summed E-state index contributed by atoms with van der Waals surface area (Å²) in [5, 5.41) is 11.0. The zero-order valence-electron chi connectivity index (χ0n) is 21.1. The van der Waals surface area contributed by atoms with Crippen molar-refractivity contribution in [2.45, 2.75) is 13.0 Å². The minimum absolute atomic E-state index is 0.261. The maximum absolute atomic E-state index is 13.3. The number of amides is 1. The van der Waals surface area contributed by atoms with Gasteiger partial charge in [0.05, 0.1) is 27.5 Å². The van der Waals surface area contributed by atoms with Crippen LogP contribution in [0.25, 0.3) is 5.70 Å². The summed E-state index contributed by atoms with van der Waals surface area (Å²) in [6, 6.07) is 20.8. The van der Waals surface area contributed by atoms with Crippen molar-refractivity contribution in [2.75, 3.05) is 32.0 Å². The number of aryl methyl sites for hydroxylation is 1. The van der Waals surface area contributed by atoms with Gasteiger partial charge in [-0.3, -0.25) is 4.79 Å². The van der Waals surface area contributed by atoms with E-state index in [1.54, 1.807) is 38.3 Å². The van der Waals surface area contributed by atoms with Crippen LogP contribution in [0.3, 0.4) is 0 Å². The van der Waals surface area contributed by atoms with E-state index in [-0.39, 0.29) is 11.9 Å². The number of anilines is 2. The SMILES string of the molecule is COc1cc(OC)c(C2C=C(c3ccc(C)cc3)Nc3c(C(=O)Nc4ccccc4)cnn32)cc1OC. The maximum Gasteiger partial charge on any atom is 0.261 e. The van der Waals surface area contributed by atoms with Crippen LogP contribution < -0.4 is 24.8 Å². The number of nitrogens with zero attached hydrogens (tertiary/aromatic N) is 2. The normalized spacial score (nSPS) is 14.2. The second kappa shape index (κ2) is 10.1. The summed E-state index contributed by atoms with van der Waals surface area (Å²) >= 11 is 0. The molecule has 8 heteroatoms. The largest absolute Gasteiger partial charge is 0.496 e. The summed E-state index contributed by atoms with van der Waals surface area (Å²) in [5.74, 6) is 2.05. The molecule has 0 aliphatic carbocycles. The standard InChI is InChI=1S/C29H28N4O4/c1-18-10-12-19(13-11-18)23-15-24(21-14-26(36-3)27(37-4)16-25(21)35-2)33-28(32-23)22(17-30-33)29(34)31-20-8-6-5-7-9-20/h5-17,24,32H,1-4H3,(H,31,34). The van der Waals surface area contributed by atoms with Crippen LogP contribution in [0.4, 0.5) is 11.5 Å². The molecule has 0 radical (unpaired) electrons. The molecule has 2 N–H and O–H groups in total. The van der Waals surface area contributed by atoms with Crippen LogP contribution in [0.2, 0.25) is 0 Å². The van der Waals surface area contributed by atoms with E-state index >= 15 is 0 Å². The van der Waals surface area contributed by atoms with Gasteiger partial charge in [0.25, 0.3) is 5.91 Å². The Morgan fingerprint density at radius 2 is 1.59 bits per heavy atom. The second-order valence-corrected chi connectivity index (χ2v) is 8.64. The average Bonchev–Trinajstić information content (AvgIpc) is 3.37. The van der Waals surface area contributed by atoms with Crippen molar-refractivity contribution >= 4 is 23.1 Å². The van der Waals surface area contributed by atoms with Crippen molar-refractivity contribution in [2.24, 2.45) is 0 Å². The van der Waals surface area contributed by atoms with Crippen molar-refractivity contribution in [3.8, 4) is 17.2 Å². The Bertz CT molecular complexity index is 1460. The molecule has 8 nitrogen and oxygen atoms in total. The zero-order valence-corrected chi connectivity index (χ0v) is 21.1. The lowest BCUT2D eigenvalue weighted by Gasteiger charge is -2.28. The summed E-state index contributed by atoms with van der Waals surface area (Å²) in [6.45, 7) is 2.05. The third-order valence-corrected chi connectivity index (χ3v) is 6.33. The van der Waals surface area contributed by atoms with E-state index in [0.717, 1.165) is 22.4 Å². The number of hydrogen-bond acceptors (Lipinski definition) is 6. The van der Waals surface area contributed by atoms with Crippen molar-refractivity contribution in [3.05, 3.63) is 101 Å². The summed E-state index contributed by atoms with van der Waals surface area (Å²) in [6.07, 6.45) is 3.64. The third kappa shape index (κ3) is 4.61. The van der Waals surface area contributed by atoms with Gasteiger partial charge in [0, 0.05) is 23.0 Å². The molecule has 1 aliphatic heterocycles. The minimum Gasteiger partial charge on any atom is -0.496 e. The predicted octanol–water partition coefficient (Wildman–Crippen LogP) is 5.53. The Hall–Kier alpha value is -4.72. The first-order valence-electron chi connectivity index (χ1n) is 11.8. The van der Waals surface area contributed by atoms with Crippen molar-refractivity contribution in [1.82, 2.24) is 9.78 Å². The van der Waals surface area contributed by atoms with Gasteiger partial charge in [0.15, 0.2) is 11.5 Å². The smallest absolute Gasteiger partial charge is 0.261 e. The molecule has 2 heterocycles. The molecular formula is C29H28N4O4. The molecule has 1 aliphatic rings. The molecule has 3 aromatic carbocycles. The Morgan fingerprint density at radius 1 is 0.919 bits per heavy atom. The molecule has 188 valence electrons. The first-order valence-corrected chi connectivity index (χ1v) is 11.8. The number of benzene rings is 3. The molecule has 5 rings (SSSR count). The first kappa shape index (κ1) is 24.0. The lowest BCUT2D eigenvalue weighted by molar-refractivity contribution is 0.102. The van der Waals surface area contributed by atoms with Crippen LogP contribution in [-0.2, 0) is 0 Å². The summed E-state index contributed by atoms with van der Waals surface area (Å²) in [7, 11) is 4.79. The molecule has 1 aromatic heterocycles. The van der Waals surface area contributed by atoms with E-state index in [1.807, 2.05) is 55.5 Å². The van der Waals surface area contributed by atoms with Gasteiger partial charge in [-0.2, -0.15) is 5.10 Å². The number of rotatable bonds is 7. The number of para-hydroxylation sites is 1. The lowest BCUT2D eigenvalue weighted by Crippen LogP contribution is -2.22. The minimum atomic E-state index is -0.388. The Kier molecular flexibility index (Phi) is 6.55. The van der Waals surface area contributed by atoms with E-state index < -0.39 is 0 Å². The average molecular weight is 497 g/mol. The van der Waals surface area contributed by atoms with E-state index in [1.165, 1.54) is 0 Å². The number of fused-ring (bicyclic) bond motifs is 1. The van der Waals surface area contributed by atoms with Crippen LogP contribution in [0.1, 0.15) is 33.1 Å². The van der Waals surface area contributed by atoms with E-state index in [2.05, 4.69) is 33.9 Å². The van der Waals surface area contributed by atoms with Crippen LogP contribution >= 0.6 is 0 Å². The molecule has 0 fully saturated rings. The highest BCUT2D eigenvalue weighted by molar-refractivity contribution is 6.08. The monoisotopic (exact) mass is 496 g/mol. The van der Waals surface area contributed by atoms with Gasteiger partial charge in [0.1, 0.15) is 23.2 Å². The summed E-state index contributed by atoms with van der Waals surface area (Å²) in [4.78, 5) is 13.3. The van der Waals surface area contributed by atoms with E-state index in [0.29, 0.717) is 34.3 Å². The fraction of sp³-hybridized carbons (Fsp3) is 0.172. The fourth-order valence-electron chi connectivity index (χ4n) is 4.39. The fourth-order valence-corrected chi connectivity index (χ4v) is 4.39. The van der Waals surface area contributed by atoms with E-state index in [4.69, 9.17) is 14.2 Å². The number of nitrogens with one attached hydrogen (secondary N) is 2. The molecule has 0 saturated carbocycles. The predicted molar refractivity (Wildman–Crippen MR) is 144 cm³/mol. The third-order valence-electron chi connectivity index (χ3n) is 6.33. The first-order chi connectivity index (χ1) is 18.0. The van der Waals surface area contributed by atoms with Gasteiger partial charge in [-0.25, -0.2) is 4.68 Å². The lowest BCUT2D eigenvalue weighted by atomic mass is 9.99. The number of hydrogen-bond donors (Lipinski definition) is 2. The molecule has 37 heavy (non-hydrogen) atoms. The highest BCUT2D eigenvalue weighted by Gasteiger charge is 2.30. The van der Waals surface area contributed by atoms with Crippen molar-refractivity contribution in [1.29, 1.82) is 0 Å². The van der Waals surface area contributed by atoms with Crippen molar-refractivity contribution < 1.29 is 19.0 Å². The van der Waals surface area contributed by atoms with E-state index in [9.17, 15) is 4.79 Å². The highest BCUT2D eigenvalue weighted by atomic mass is 16.5. The van der Waals surface area contributed by atoms with Gasteiger partial charge in [-0.15, -0.1) is 0 Å². The number of ether oxygens (including phenoxy) is 3. The molecule has 1 unspecified atom stereocenters. The zero-order chi connectivity index (χ0) is 25.9. The van der Waals surface area contributed by atoms with Gasteiger partial charge in [-0.1, -0.05) is 48.0 Å². The summed E-state index contributed by atoms with van der Waals surface area (Å²) in [5.41, 5.74) is 4.93. The van der Waals surface area contributed by atoms with Crippen LogP contribution in [-0.4, -0.2) is 37.0 Å². The van der Waals surface area contributed by atoms with Crippen LogP contribution in [0, 0.1) is 6.92 Å². The number of carbonyl (C=O) groups excluding carboxylic acids is 1. The molecule has 1 amide bonds. The molecule has 1 atom stereocenters. The van der Waals surface area contributed by atoms with Crippen LogP contribution in [0.15, 0.2) is 79.0 Å². The Labute approximate surface area is 215 Å². The van der Waals surface area contributed by atoms with Crippen LogP contribution in [0.5, 0.6) is 17.2 Å². The number of methoxy groups -OCH3 is 3. The van der Waals surface area contributed by atoms with Gasteiger partial charge < -0.3 is 24.8 Å². The number of allylic oxidation sites excluding steroid dienone is 1. The molecule has 0 saturated heterocycles. The molecule has 4 aromatic rings. The molecule has 0 spiro atoms. The Balaban J connectivity index is 1.64. The quantitative estimate of drug-likeness (QED) is 0.350. The topological polar surface area (TPSA) is 86.6 Å². The summed E-state index contributed by atoms with van der Waals surface area (Å²) < 4.78 is 18.6. The van der Waals surface area contributed by atoms with Gasteiger partial charge in [-0.05, 0) is 36.8 Å². The number of aromatic nitrogens is 2. The number of carbonyl (C=O) groups is 1. The molecule has 0 bridgehead atoms. The second-order valence-electron chi connectivity index (χ2n) is 8.64. The molecular weight excluding hydrogens is 468 g/mol. The Morgan fingerprint density at radius 3 is 2.27 bits per heavy atom. The highest BCUT2D eigenvalue weighted by Crippen LogP contribution is 2.43. The van der Waals surface area contributed by atoms with Gasteiger partial charge >= 0.3 is 0 Å². The maximum atomic E-state index is 13.3.